The molecule has 0 radical (unpaired) electrons. The number of carbonyl (C=O) groups is 1. The van der Waals surface area contributed by atoms with Crippen molar-refractivity contribution < 1.29 is 23.7 Å². The average Bonchev–Trinajstić information content (AvgIpc) is 3.13. The normalized spacial score (nSPS) is 21.4. The van der Waals surface area contributed by atoms with Crippen LogP contribution in [0.5, 0.6) is 0 Å². The molecule has 1 fully saturated rings. The highest BCUT2D eigenvalue weighted by molar-refractivity contribution is 7.46. The van der Waals surface area contributed by atoms with Crippen LogP contribution in [0.2, 0.25) is 0 Å². The monoisotopic (exact) mass is 421 g/mol. The van der Waals surface area contributed by atoms with Gasteiger partial charge in [-0.2, -0.15) is 5.10 Å². The topological polar surface area (TPSA) is 139 Å². The Bertz CT molecular complexity index is 981. The van der Waals surface area contributed by atoms with Crippen molar-refractivity contribution in [3.05, 3.63) is 35.5 Å². The average molecular weight is 421 g/mol. The van der Waals surface area contributed by atoms with E-state index in [0.29, 0.717) is 23.3 Å². The highest BCUT2D eigenvalue weighted by atomic mass is 31.2. The minimum absolute atomic E-state index is 0.308. The number of nitrogens with one attached hydrogen (secondary N) is 1. The number of hydrogen-bond donors (Lipinski definition) is 3. The SMILES string of the molecule is CC(C)(C)C(COP(=O)(O)O)NC(=O)c1nn(-c2cnccn2)c2c1CC1CC21. The van der Waals surface area contributed by atoms with Crippen LogP contribution in [-0.2, 0) is 15.5 Å². The molecule has 4 rings (SSSR count). The molecular weight excluding hydrogens is 397 g/mol. The van der Waals surface area contributed by atoms with Crippen LogP contribution in [0.1, 0.15) is 54.9 Å². The van der Waals surface area contributed by atoms with Crippen molar-refractivity contribution in [2.45, 2.75) is 45.6 Å². The maximum absolute atomic E-state index is 13.1. The molecule has 156 valence electrons. The Balaban J connectivity index is 1.62. The van der Waals surface area contributed by atoms with Crippen molar-refractivity contribution in [2.75, 3.05) is 6.61 Å². The van der Waals surface area contributed by atoms with Gasteiger partial charge in [0.2, 0.25) is 0 Å². The fourth-order valence-electron chi connectivity index (χ4n) is 3.78. The third kappa shape index (κ3) is 4.11. The molecule has 0 spiro atoms. The van der Waals surface area contributed by atoms with E-state index in [0.717, 1.165) is 24.1 Å². The number of hydrogen-bond acceptors (Lipinski definition) is 6. The van der Waals surface area contributed by atoms with E-state index in [9.17, 15) is 9.36 Å². The van der Waals surface area contributed by atoms with Crippen LogP contribution in [0.25, 0.3) is 5.82 Å². The minimum atomic E-state index is -4.64. The van der Waals surface area contributed by atoms with Crippen molar-refractivity contribution in [3.63, 3.8) is 0 Å². The van der Waals surface area contributed by atoms with Gasteiger partial charge in [-0.3, -0.25) is 14.3 Å². The molecule has 1 saturated carbocycles. The van der Waals surface area contributed by atoms with Gasteiger partial charge in [-0.1, -0.05) is 20.8 Å². The molecule has 0 bridgehead atoms. The van der Waals surface area contributed by atoms with Gasteiger partial charge in [0.1, 0.15) is 0 Å². The van der Waals surface area contributed by atoms with E-state index in [2.05, 4.69) is 24.9 Å². The van der Waals surface area contributed by atoms with Crippen LogP contribution >= 0.6 is 7.82 Å². The first-order valence-electron chi connectivity index (χ1n) is 9.43. The Kier molecular flexibility index (Phi) is 4.85. The lowest BCUT2D eigenvalue weighted by Crippen LogP contribution is -2.47. The Labute approximate surface area is 168 Å². The number of aromatic nitrogens is 4. The fourth-order valence-corrected chi connectivity index (χ4v) is 4.12. The number of phosphoric acid groups is 1. The molecule has 2 aromatic rings. The van der Waals surface area contributed by atoms with Crippen molar-refractivity contribution in [1.29, 1.82) is 0 Å². The number of amides is 1. The number of rotatable bonds is 6. The van der Waals surface area contributed by atoms with E-state index < -0.39 is 19.3 Å². The first kappa shape index (κ1) is 20.2. The van der Waals surface area contributed by atoms with Crippen molar-refractivity contribution in [3.8, 4) is 5.82 Å². The molecule has 11 heteroatoms. The number of phosphoric ester groups is 1. The molecule has 2 aliphatic rings. The highest BCUT2D eigenvalue weighted by Crippen LogP contribution is 2.57. The summed E-state index contributed by atoms with van der Waals surface area (Å²) in [4.78, 5) is 39.5. The van der Waals surface area contributed by atoms with Crippen LogP contribution in [0.15, 0.2) is 18.6 Å². The van der Waals surface area contributed by atoms with E-state index >= 15 is 0 Å². The molecule has 1 amide bonds. The summed E-state index contributed by atoms with van der Waals surface area (Å²) in [5.74, 6) is 1.10. The largest absolute Gasteiger partial charge is 0.469 e. The second kappa shape index (κ2) is 6.98. The van der Waals surface area contributed by atoms with Crippen molar-refractivity contribution in [2.24, 2.45) is 11.3 Å². The molecule has 2 aromatic heterocycles. The summed E-state index contributed by atoms with van der Waals surface area (Å²) >= 11 is 0. The van der Waals surface area contributed by atoms with Crippen LogP contribution < -0.4 is 5.32 Å². The molecular formula is C18H24N5O5P. The number of fused-ring (bicyclic) bond motifs is 3. The first-order valence-corrected chi connectivity index (χ1v) is 11.0. The second-order valence-corrected chi connectivity index (χ2v) is 9.91. The van der Waals surface area contributed by atoms with Crippen LogP contribution in [-0.4, -0.2) is 48.1 Å². The van der Waals surface area contributed by atoms with Gasteiger partial charge >= 0.3 is 7.82 Å². The highest BCUT2D eigenvalue weighted by Gasteiger charge is 2.50. The molecule has 3 unspecified atom stereocenters. The van der Waals surface area contributed by atoms with Gasteiger partial charge in [0.15, 0.2) is 11.5 Å². The summed E-state index contributed by atoms with van der Waals surface area (Å²) in [5.41, 5.74) is 1.77. The Hall–Kier alpha value is -2.13. The Morgan fingerprint density at radius 2 is 2.17 bits per heavy atom. The van der Waals surface area contributed by atoms with Gasteiger partial charge in [-0.25, -0.2) is 14.2 Å². The molecule has 2 heterocycles. The maximum atomic E-state index is 13.1. The second-order valence-electron chi connectivity index (χ2n) is 8.67. The molecule has 10 nitrogen and oxygen atoms in total. The van der Waals surface area contributed by atoms with E-state index in [1.54, 1.807) is 23.3 Å². The first-order chi connectivity index (χ1) is 13.5. The molecule has 0 aromatic carbocycles. The molecule has 0 aliphatic heterocycles. The summed E-state index contributed by atoms with van der Waals surface area (Å²) in [6.07, 6.45) is 6.65. The van der Waals surface area contributed by atoms with Gasteiger partial charge in [0.25, 0.3) is 5.91 Å². The standard InChI is InChI=1S/C18H24N5O5P/c1-18(2,3)13(9-28-29(25,26)27)21-17(24)15-12-7-10-6-11(10)16(12)23(22-15)14-8-19-4-5-20-14/h4-5,8,10-11,13H,6-7,9H2,1-3H3,(H,21,24)(H2,25,26,27). The van der Waals surface area contributed by atoms with Crippen LogP contribution in [0.4, 0.5) is 0 Å². The quantitative estimate of drug-likeness (QED) is 0.598. The van der Waals surface area contributed by atoms with E-state index in [4.69, 9.17) is 9.79 Å². The lowest BCUT2D eigenvalue weighted by atomic mass is 9.87. The van der Waals surface area contributed by atoms with Gasteiger partial charge < -0.3 is 15.1 Å². The fraction of sp³-hybridized carbons (Fsp3) is 0.556. The number of nitrogens with zero attached hydrogens (tertiary/aromatic N) is 4. The zero-order valence-electron chi connectivity index (χ0n) is 16.4. The zero-order chi connectivity index (χ0) is 21.0. The summed E-state index contributed by atoms with van der Waals surface area (Å²) in [5, 5.41) is 7.38. The van der Waals surface area contributed by atoms with Gasteiger partial charge in [0.05, 0.1) is 24.5 Å². The lowest BCUT2D eigenvalue weighted by molar-refractivity contribution is 0.0825. The molecule has 3 atom stereocenters. The molecule has 0 saturated heterocycles. The summed E-state index contributed by atoms with van der Waals surface area (Å²) in [6, 6.07) is -0.615. The van der Waals surface area contributed by atoms with Crippen LogP contribution in [0.3, 0.4) is 0 Å². The predicted octanol–water partition coefficient (Wildman–Crippen LogP) is 1.58. The zero-order valence-corrected chi connectivity index (χ0v) is 17.3. The predicted molar refractivity (Wildman–Crippen MR) is 102 cm³/mol. The summed E-state index contributed by atoms with van der Waals surface area (Å²) < 4.78 is 17.5. The smallest absolute Gasteiger partial charge is 0.345 e. The minimum Gasteiger partial charge on any atom is -0.345 e. The summed E-state index contributed by atoms with van der Waals surface area (Å²) in [7, 11) is -4.64. The van der Waals surface area contributed by atoms with Crippen molar-refractivity contribution >= 4 is 13.7 Å². The van der Waals surface area contributed by atoms with Gasteiger partial charge in [-0.05, 0) is 24.2 Å². The molecule has 3 N–H and O–H groups in total. The third-order valence-electron chi connectivity index (χ3n) is 5.51. The van der Waals surface area contributed by atoms with Gasteiger partial charge in [0, 0.05) is 23.9 Å². The van der Waals surface area contributed by atoms with E-state index in [-0.39, 0.29) is 12.5 Å². The van der Waals surface area contributed by atoms with Crippen LogP contribution in [0, 0.1) is 11.3 Å². The number of carbonyl (C=O) groups excluding carboxylic acids is 1. The van der Waals surface area contributed by atoms with Crippen molar-refractivity contribution in [1.82, 2.24) is 25.1 Å². The third-order valence-corrected chi connectivity index (χ3v) is 5.99. The Morgan fingerprint density at radius 3 is 2.79 bits per heavy atom. The van der Waals surface area contributed by atoms with E-state index in [1.807, 2.05) is 20.8 Å². The Morgan fingerprint density at radius 1 is 1.41 bits per heavy atom. The molecule has 2 aliphatic carbocycles. The summed E-state index contributed by atoms with van der Waals surface area (Å²) in [6.45, 7) is 5.27. The lowest BCUT2D eigenvalue weighted by Gasteiger charge is -2.31. The molecule has 29 heavy (non-hydrogen) atoms. The van der Waals surface area contributed by atoms with Gasteiger partial charge in [-0.15, -0.1) is 0 Å². The maximum Gasteiger partial charge on any atom is 0.469 e. The van der Waals surface area contributed by atoms with E-state index in [1.165, 1.54) is 0 Å².